The van der Waals surface area contributed by atoms with E-state index in [9.17, 15) is 9.59 Å². The van der Waals surface area contributed by atoms with Gasteiger partial charge in [-0.3, -0.25) is 14.3 Å². The lowest BCUT2D eigenvalue weighted by atomic mass is 10.1. The monoisotopic (exact) mass is 380 g/mol. The van der Waals surface area contributed by atoms with Crippen LogP contribution in [0.15, 0.2) is 59.7 Å². The highest BCUT2D eigenvalue weighted by Crippen LogP contribution is 2.18. The number of pyridine rings is 1. The van der Waals surface area contributed by atoms with Crippen molar-refractivity contribution in [2.45, 2.75) is 26.4 Å². The predicted molar refractivity (Wildman–Crippen MR) is 108 cm³/mol. The molecule has 0 aliphatic carbocycles. The highest BCUT2D eigenvalue weighted by atomic mass is 16.5. The average Bonchev–Trinajstić information content (AvgIpc) is 3.15. The molecule has 1 aromatic carbocycles. The molecule has 3 aromatic rings. The molecule has 0 saturated carbocycles. The molecule has 7 heteroatoms. The van der Waals surface area contributed by atoms with Crippen LogP contribution in [0.1, 0.15) is 34.6 Å². The molecule has 1 unspecified atom stereocenters. The highest BCUT2D eigenvalue weighted by molar-refractivity contribution is 6.03. The second-order valence-electron chi connectivity index (χ2n) is 6.60. The maximum absolute atomic E-state index is 12.6. The first-order valence-corrected chi connectivity index (χ1v) is 9.11. The Morgan fingerprint density at radius 3 is 2.71 bits per heavy atom. The fraction of sp³-hybridized carbons (Fsp3) is 0.286. The molecule has 0 aliphatic heterocycles. The molecule has 0 spiro atoms. The van der Waals surface area contributed by atoms with Crippen molar-refractivity contribution in [2.75, 3.05) is 19.0 Å². The quantitative estimate of drug-likeness (QED) is 0.684. The summed E-state index contributed by atoms with van der Waals surface area (Å²) in [5.74, 6) is -0.0787. The molecule has 7 nitrogen and oxygen atoms in total. The molecule has 0 aliphatic rings. The van der Waals surface area contributed by atoms with E-state index < -0.39 is 5.91 Å². The van der Waals surface area contributed by atoms with Crippen LogP contribution in [0.4, 0.5) is 5.82 Å². The number of nitrogens with zero attached hydrogens (tertiary/aromatic N) is 3. The fourth-order valence-electron chi connectivity index (χ4n) is 2.96. The molecule has 1 atom stereocenters. The van der Waals surface area contributed by atoms with E-state index in [1.807, 2.05) is 48.7 Å². The average molecular weight is 380 g/mol. The number of aryl methyl sites for hydroxylation is 1. The number of hydrogen-bond donors (Lipinski definition) is 1. The third kappa shape index (κ3) is 4.37. The Hall–Kier alpha value is -3.19. The summed E-state index contributed by atoms with van der Waals surface area (Å²) >= 11 is 0. The number of hydrogen-bond acceptors (Lipinski definition) is 4. The summed E-state index contributed by atoms with van der Waals surface area (Å²) in [6.45, 7) is 4.91. The Kier molecular flexibility index (Phi) is 6.06. The van der Waals surface area contributed by atoms with E-state index in [4.69, 9.17) is 4.74 Å². The molecule has 1 amide bonds. The molecule has 0 radical (unpaired) electrons. The zero-order valence-corrected chi connectivity index (χ0v) is 16.3. The Bertz CT molecular complexity index is 1010. The van der Waals surface area contributed by atoms with Crippen molar-refractivity contribution in [3.8, 4) is 0 Å². The van der Waals surface area contributed by atoms with E-state index in [2.05, 4.69) is 10.4 Å². The van der Waals surface area contributed by atoms with Gasteiger partial charge in [-0.15, -0.1) is 0 Å². The van der Waals surface area contributed by atoms with Crippen LogP contribution in [0.25, 0.3) is 0 Å². The molecule has 2 aromatic heterocycles. The van der Waals surface area contributed by atoms with Crippen molar-refractivity contribution >= 4 is 11.7 Å². The van der Waals surface area contributed by atoms with Gasteiger partial charge in [0.05, 0.1) is 12.6 Å². The first-order valence-electron chi connectivity index (χ1n) is 9.11. The van der Waals surface area contributed by atoms with Crippen molar-refractivity contribution < 1.29 is 9.53 Å². The number of ether oxygens (including phenoxy) is 1. The summed E-state index contributed by atoms with van der Waals surface area (Å²) < 4.78 is 8.68. The standard InChI is InChI=1S/C21H24N4O3/c1-15-13-19(26)18(14-24(15)11-12-28-3)21(27)22-20-9-10-25(23-20)16(2)17-7-5-4-6-8-17/h4-10,13-14,16H,11-12H2,1-3H3,(H,22,23,27). The van der Waals surface area contributed by atoms with Crippen molar-refractivity contribution in [1.82, 2.24) is 14.3 Å². The van der Waals surface area contributed by atoms with E-state index in [-0.39, 0.29) is 17.0 Å². The van der Waals surface area contributed by atoms with Crippen LogP contribution in [0.3, 0.4) is 0 Å². The summed E-state index contributed by atoms with van der Waals surface area (Å²) in [7, 11) is 1.61. The maximum atomic E-state index is 12.6. The minimum absolute atomic E-state index is 0.0255. The summed E-state index contributed by atoms with van der Waals surface area (Å²) in [6.07, 6.45) is 3.37. The van der Waals surface area contributed by atoms with Gasteiger partial charge in [-0.2, -0.15) is 5.10 Å². The third-order valence-electron chi connectivity index (χ3n) is 4.65. The van der Waals surface area contributed by atoms with E-state index in [1.165, 1.54) is 6.07 Å². The second kappa shape index (κ2) is 8.67. The van der Waals surface area contributed by atoms with Gasteiger partial charge in [0, 0.05) is 43.9 Å². The zero-order valence-electron chi connectivity index (χ0n) is 16.3. The van der Waals surface area contributed by atoms with Crippen LogP contribution in [0, 0.1) is 6.92 Å². The van der Waals surface area contributed by atoms with Crippen LogP contribution in [0.5, 0.6) is 0 Å². The van der Waals surface area contributed by atoms with E-state index in [0.29, 0.717) is 19.0 Å². The van der Waals surface area contributed by atoms with Gasteiger partial charge in [0.15, 0.2) is 11.2 Å². The van der Waals surface area contributed by atoms with Gasteiger partial charge in [-0.25, -0.2) is 0 Å². The number of carbonyl (C=O) groups excluding carboxylic acids is 1. The van der Waals surface area contributed by atoms with Crippen molar-refractivity contribution in [3.63, 3.8) is 0 Å². The van der Waals surface area contributed by atoms with Gasteiger partial charge in [-0.1, -0.05) is 30.3 Å². The highest BCUT2D eigenvalue weighted by Gasteiger charge is 2.15. The van der Waals surface area contributed by atoms with Gasteiger partial charge in [0.1, 0.15) is 5.56 Å². The van der Waals surface area contributed by atoms with Gasteiger partial charge >= 0.3 is 0 Å². The van der Waals surface area contributed by atoms with Gasteiger partial charge in [0.25, 0.3) is 5.91 Å². The Morgan fingerprint density at radius 1 is 1.25 bits per heavy atom. The topological polar surface area (TPSA) is 78.2 Å². The molecule has 2 heterocycles. The first-order chi connectivity index (χ1) is 13.5. The SMILES string of the molecule is COCCn1cc(C(=O)Nc2ccn(C(C)c3ccccc3)n2)c(=O)cc1C. The van der Waals surface area contributed by atoms with Crippen LogP contribution in [0.2, 0.25) is 0 Å². The normalized spacial score (nSPS) is 12.0. The number of benzene rings is 1. The largest absolute Gasteiger partial charge is 0.383 e. The number of anilines is 1. The third-order valence-corrected chi connectivity index (χ3v) is 4.65. The minimum atomic E-state index is -0.478. The lowest BCUT2D eigenvalue weighted by Crippen LogP contribution is -2.24. The molecule has 0 bridgehead atoms. The minimum Gasteiger partial charge on any atom is -0.383 e. The van der Waals surface area contributed by atoms with E-state index >= 15 is 0 Å². The molecule has 28 heavy (non-hydrogen) atoms. The number of carbonyl (C=O) groups is 1. The Balaban J connectivity index is 1.77. The number of nitrogens with one attached hydrogen (secondary N) is 1. The Morgan fingerprint density at radius 2 is 2.00 bits per heavy atom. The molecule has 146 valence electrons. The van der Waals surface area contributed by atoms with E-state index in [1.54, 1.807) is 30.3 Å². The maximum Gasteiger partial charge on any atom is 0.262 e. The number of methoxy groups -OCH3 is 1. The second-order valence-corrected chi connectivity index (χ2v) is 6.60. The molecule has 0 saturated heterocycles. The molecular weight excluding hydrogens is 356 g/mol. The number of amides is 1. The molecule has 0 fully saturated rings. The first kappa shape index (κ1) is 19.6. The summed E-state index contributed by atoms with van der Waals surface area (Å²) in [4.78, 5) is 24.9. The smallest absolute Gasteiger partial charge is 0.262 e. The summed E-state index contributed by atoms with van der Waals surface area (Å²) in [6, 6.07) is 13.2. The van der Waals surface area contributed by atoms with Crippen molar-refractivity contribution in [3.05, 3.63) is 81.9 Å². The van der Waals surface area contributed by atoms with Crippen molar-refractivity contribution in [2.24, 2.45) is 0 Å². The van der Waals surface area contributed by atoms with Crippen LogP contribution < -0.4 is 10.7 Å². The van der Waals surface area contributed by atoms with Crippen LogP contribution in [-0.2, 0) is 11.3 Å². The van der Waals surface area contributed by atoms with E-state index in [0.717, 1.165) is 11.3 Å². The van der Waals surface area contributed by atoms with Gasteiger partial charge in [-0.05, 0) is 19.4 Å². The molecular formula is C21H24N4O3. The Labute approximate surface area is 163 Å². The molecule has 3 rings (SSSR count). The summed E-state index contributed by atoms with van der Waals surface area (Å²) in [5.41, 5.74) is 1.65. The van der Waals surface area contributed by atoms with Gasteiger partial charge < -0.3 is 14.6 Å². The lowest BCUT2D eigenvalue weighted by molar-refractivity contribution is 0.102. The lowest BCUT2D eigenvalue weighted by Gasteiger charge is -2.13. The van der Waals surface area contributed by atoms with Crippen molar-refractivity contribution in [1.29, 1.82) is 0 Å². The number of rotatable bonds is 7. The fourth-order valence-corrected chi connectivity index (χ4v) is 2.96. The van der Waals surface area contributed by atoms with Crippen LogP contribution in [-0.4, -0.2) is 34.0 Å². The number of aromatic nitrogens is 3. The van der Waals surface area contributed by atoms with Gasteiger partial charge in [0.2, 0.25) is 0 Å². The zero-order chi connectivity index (χ0) is 20.1. The predicted octanol–water partition coefficient (Wildman–Crippen LogP) is 2.86. The van der Waals surface area contributed by atoms with Crippen LogP contribution >= 0.6 is 0 Å². The summed E-state index contributed by atoms with van der Waals surface area (Å²) in [5, 5.41) is 7.14. The molecule has 1 N–H and O–H groups in total.